The van der Waals surface area contributed by atoms with E-state index in [1.807, 2.05) is 12.1 Å². The van der Waals surface area contributed by atoms with Crippen molar-refractivity contribution in [2.24, 2.45) is 5.92 Å². The van der Waals surface area contributed by atoms with Crippen LogP contribution >= 0.6 is 23.4 Å². The second kappa shape index (κ2) is 7.67. The third-order valence-corrected chi connectivity index (χ3v) is 4.19. The van der Waals surface area contributed by atoms with Gasteiger partial charge in [0.15, 0.2) is 0 Å². The van der Waals surface area contributed by atoms with E-state index in [-0.39, 0.29) is 0 Å². The predicted octanol–water partition coefficient (Wildman–Crippen LogP) is 4.63. The maximum atomic E-state index is 6.11. The van der Waals surface area contributed by atoms with Crippen molar-refractivity contribution >= 4 is 23.4 Å². The average molecular weight is 307 g/mol. The van der Waals surface area contributed by atoms with Crippen LogP contribution in [0.15, 0.2) is 52.5 Å². The van der Waals surface area contributed by atoms with Gasteiger partial charge in [-0.1, -0.05) is 49.3 Å². The Hall–Kier alpha value is -1.03. The number of nitrogens with one attached hydrogen (secondary N) is 1. The molecule has 0 saturated carbocycles. The molecule has 0 atom stereocenters. The van der Waals surface area contributed by atoms with Crippen LogP contribution in [0.25, 0.3) is 0 Å². The molecule has 0 spiro atoms. The average Bonchev–Trinajstić information content (AvgIpc) is 2.43. The lowest BCUT2D eigenvalue weighted by molar-refractivity contribution is 0.552. The Morgan fingerprint density at radius 3 is 2.60 bits per heavy atom. The quantitative estimate of drug-likeness (QED) is 0.842. The van der Waals surface area contributed by atoms with Crippen LogP contribution in [0.5, 0.6) is 0 Å². The van der Waals surface area contributed by atoms with Crippen molar-refractivity contribution < 1.29 is 0 Å². The van der Waals surface area contributed by atoms with E-state index < -0.39 is 0 Å². The van der Waals surface area contributed by atoms with Gasteiger partial charge in [-0.3, -0.25) is 0 Å². The Bertz CT molecular complexity index is 540. The standard InChI is InChI=1S/C16H19ClN2S/c1-12(2)10-18-11-13-5-7-14(8-6-13)20-16-15(17)4-3-9-19-16/h3-9,12,18H,10-11H2,1-2H3. The lowest BCUT2D eigenvalue weighted by atomic mass is 10.2. The van der Waals surface area contributed by atoms with Crippen molar-refractivity contribution in [3.8, 4) is 0 Å². The van der Waals surface area contributed by atoms with E-state index in [4.69, 9.17) is 11.6 Å². The molecule has 0 radical (unpaired) electrons. The maximum Gasteiger partial charge on any atom is 0.119 e. The minimum absolute atomic E-state index is 0.677. The molecule has 2 rings (SSSR count). The molecule has 0 unspecified atom stereocenters. The summed E-state index contributed by atoms with van der Waals surface area (Å²) in [5.74, 6) is 0.677. The van der Waals surface area contributed by atoms with Crippen LogP contribution in [0.4, 0.5) is 0 Å². The van der Waals surface area contributed by atoms with Crippen LogP contribution < -0.4 is 5.32 Å². The van der Waals surface area contributed by atoms with Crippen LogP contribution in [0, 0.1) is 5.92 Å². The summed E-state index contributed by atoms with van der Waals surface area (Å²) in [7, 11) is 0. The molecule has 1 aromatic carbocycles. The van der Waals surface area contributed by atoms with Gasteiger partial charge in [-0.2, -0.15) is 0 Å². The molecule has 0 aliphatic heterocycles. The summed E-state index contributed by atoms with van der Waals surface area (Å²) in [5, 5.41) is 4.98. The highest BCUT2D eigenvalue weighted by molar-refractivity contribution is 7.99. The molecule has 4 heteroatoms. The molecule has 0 fully saturated rings. The van der Waals surface area contributed by atoms with Crippen LogP contribution in [0.2, 0.25) is 5.02 Å². The monoisotopic (exact) mass is 306 g/mol. The first-order chi connectivity index (χ1) is 9.65. The zero-order valence-electron chi connectivity index (χ0n) is 11.8. The summed E-state index contributed by atoms with van der Waals surface area (Å²) in [6.07, 6.45) is 1.76. The van der Waals surface area contributed by atoms with E-state index in [0.717, 1.165) is 23.0 Å². The van der Waals surface area contributed by atoms with Gasteiger partial charge in [0.2, 0.25) is 0 Å². The molecular weight excluding hydrogens is 288 g/mol. The first kappa shape index (κ1) is 15.4. The van der Waals surface area contributed by atoms with Gasteiger partial charge in [0.1, 0.15) is 5.03 Å². The van der Waals surface area contributed by atoms with E-state index in [0.29, 0.717) is 10.9 Å². The molecule has 1 heterocycles. The highest BCUT2D eigenvalue weighted by Crippen LogP contribution is 2.31. The molecule has 106 valence electrons. The normalized spacial score (nSPS) is 11.0. The molecule has 0 saturated heterocycles. The highest BCUT2D eigenvalue weighted by atomic mass is 35.5. The Morgan fingerprint density at radius 1 is 1.20 bits per heavy atom. The third kappa shape index (κ3) is 4.82. The molecular formula is C16H19ClN2S. The fraction of sp³-hybridized carbons (Fsp3) is 0.312. The molecule has 1 N–H and O–H groups in total. The fourth-order valence-corrected chi connectivity index (χ4v) is 2.75. The van der Waals surface area contributed by atoms with Gasteiger partial charge in [-0.05, 0) is 42.3 Å². The third-order valence-electron chi connectivity index (χ3n) is 2.74. The minimum Gasteiger partial charge on any atom is -0.312 e. The van der Waals surface area contributed by atoms with Crippen LogP contribution in [-0.2, 0) is 6.54 Å². The molecule has 1 aromatic heterocycles. The van der Waals surface area contributed by atoms with E-state index in [1.165, 1.54) is 5.56 Å². The Kier molecular flexibility index (Phi) is 5.89. The first-order valence-electron chi connectivity index (χ1n) is 6.73. The lowest BCUT2D eigenvalue weighted by Gasteiger charge is -2.08. The van der Waals surface area contributed by atoms with E-state index in [1.54, 1.807) is 18.0 Å². The maximum absolute atomic E-state index is 6.11. The van der Waals surface area contributed by atoms with Gasteiger partial charge >= 0.3 is 0 Å². The van der Waals surface area contributed by atoms with E-state index in [9.17, 15) is 0 Å². The van der Waals surface area contributed by atoms with Gasteiger partial charge in [-0.15, -0.1) is 0 Å². The molecule has 0 bridgehead atoms. The number of halogens is 1. The van der Waals surface area contributed by atoms with E-state index >= 15 is 0 Å². The van der Waals surface area contributed by atoms with Crippen molar-refractivity contribution in [3.05, 3.63) is 53.2 Å². The Morgan fingerprint density at radius 2 is 1.95 bits per heavy atom. The number of nitrogens with zero attached hydrogens (tertiary/aromatic N) is 1. The van der Waals surface area contributed by atoms with Crippen molar-refractivity contribution in [2.75, 3.05) is 6.54 Å². The number of hydrogen-bond acceptors (Lipinski definition) is 3. The SMILES string of the molecule is CC(C)CNCc1ccc(Sc2ncccc2Cl)cc1. The molecule has 0 aliphatic carbocycles. The summed E-state index contributed by atoms with van der Waals surface area (Å²) in [6.45, 7) is 6.38. The van der Waals surface area contributed by atoms with Gasteiger partial charge in [0, 0.05) is 17.6 Å². The molecule has 2 nitrogen and oxygen atoms in total. The summed E-state index contributed by atoms with van der Waals surface area (Å²) >= 11 is 7.70. The van der Waals surface area contributed by atoms with Crippen molar-refractivity contribution in [1.82, 2.24) is 10.3 Å². The van der Waals surface area contributed by atoms with Crippen LogP contribution in [0.3, 0.4) is 0 Å². The topological polar surface area (TPSA) is 24.9 Å². The summed E-state index contributed by atoms with van der Waals surface area (Å²) in [5.41, 5.74) is 1.29. The summed E-state index contributed by atoms with van der Waals surface area (Å²) in [4.78, 5) is 5.43. The van der Waals surface area contributed by atoms with Crippen LogP contribution in [0.1, 0.15) is 19.4 Å². The minimum atomic E-state index is 0.677. The van der Waals surface area contributed by atoms with E-state index in [2.05, 4.69) is 48.4 Å². The van der Waals surface area contributed by atoms with Gasteiger partial charge in [0.05, 0.1) is 5.02 Å². The number of rotatable bonds is 6. The van der Waals surface area contributed by atoms with Gasteiger partial charge in [0.25, 0.3) is 0 Å². The number of aromatic nitrogens is 1. The van der Waals surface area contributed by atoms with Gasteiger partial charge < -0.3 is 5.32 Å². The van der Waals surface area contributed by atoms with Crippen molar-refractivity contribution in [1.29, 1.82) is 0 Å². The van der Waals surface area contributed by atoms with Gasteiger partial charge in [-0.25, -0.2) is 4.98 Å². The molecule has 20 heavy (non-hydrogen) atoms. The highest BCUT2D eigenvalue weighted by Gasteiger charge is 2.03. The van der Waals surface area contributed by atoms with Crippen molar-refractivity contribution in [2.45, 2.75) is 30.3 Å². The number of hydrogen-bond donors (Lipinski definition) is 1. The number of pyridine rings is 1. The largest absolute Gasteiger partial charge is 0.312 e. The second-order valence-electron chi connectivity index (χ2n) is 5.06. The van der Waals surface area contributed by atoms with Crippen molar-refractivity contribution in [3.63, 3.8) is 0 Å². The Labute approximate surface area is 130 Å². The molecule has 0 amide bonds. The second-order valence-corrected chi connectivity index (χ2v) is 6.53. The first-order valence-corrected chi connectivity index (χ1v) is 7.92. The summed E-state index contributed by atoms with van der Waals surface area (Å²) in [6, 6.07) is 12.2. The lowest BCUT2D eigenvalue weighted by Crippen LogP contribution is -2.18. The molecule has 0 aliphatic rings. The molecule has 2 aromatic rings. The van der Waals surface area contributed by atoms with Crippen LogP contribution in [-0.4, -0.2) is 11.5 Å². The zero-order chi connectivity index (χ0) is 14.4. The number of benzene rings is 1. The Balaban J connectivity index is 1.93. The smallest absolute Gasteiger partial charge is 0.119 e. The predicted molar refractivity (Wildman–Crippen MR) is 86.4 cm³/mol. The fourth-order valence-electron chi connectivity index (χ4n) is 1.74. The zero-order valence-corrected chi connectivity index (χ0v) is 13.3. The summed E-state index contributed by atoms with van der Waals surface area (Å²) < 4.78 is 0.